The zero-order chi connectivity index (χ0) is 11.4. The second-order valence-corrected chi connectivity index (χ2v) is 5.85. The maximum absolute atomic E-state index is 3.56. The summed E-state index contributed by atoms with van der Waals surface area (Å²) < 4.78 is 0. The van der Waals surface area contributed by atoms with Gasteiger partial charge in [0.05, 0.1) is 0 Å². The SMILES string of the molecule is CC1CN(CCc2cccs2)C(C)CCN1. The summed E-state index contributed by atoms with van der Waals surface area (Å²) in [6.45, 7) is 8.20. The Morgan fingerprint density at radius 2 is 2.38 bits per heavy atom. The van der Waals surface area contributed by atoms with Crippen LogP contribution in [0.3, 0.4) is 0 Å². The van der Waals surface area contributed by atoms with E-state index in [-0.39, 0.29) is 0 Å². The number of nitrogens with one attached hydrogen (secondary N) is 1. The summed E-state index contributed by atoms with van der Waals surface area (Å²) in [4.78, 5) is 4.14. The first-order chi connectivity index (χ1) is 7.75. The molecule has 90 valence electrons. The predicted octanol–water partition coefficient (Wildman–Crippen LogP) is 2.36. The van der Waals surface area contributed by atoms with Crippen molar-refractivity contribution < 1.29 is 0 Å². The fourth-order valence-electron chi connectivity index (χ4n) is 2.34. The zero-order valence-electron chi connectivity index (χ0n) is 10.3. The molecule has 0 spiro atoms. The average molecular weight is 238 g/mol. The van der Waals surface area contributed by atoms with Crippen LogP contribution >= 0.6 is 11.3 Å². The van der Waals surface area contributed by atoms with E-state index in [0.717, 1.165) is 12.6 Å². The molecule has 2 atom stereocenters. The Labute approximate surface area is 103 Å². The van der Waals surface area contributed by atoms with Gasteiger partial charge in [0.15, 0.2) is 0 Å². The van der Waals surface area contributed by atoms with Gasteiger partial charge in [-0.2, -0.15) is 0 Å². The molecular formula is C13H22N2S. The van der Waals surface area contributed by atoms with E-state index in [1.807, 2.05) is 11.3 Å². The Balaban J connectivity index is 1.86. The average Bonchev–Trinajstić information content (AvgIpc) is 2.71. The molecule has 1 aromatic heterocycles. The molecule has 1 aromatic rings. The second kappa shape index (κ2) is 5.80. The first kappa shape index (κ1) is 12.1. The number of hydrogen-bond acceptors (Lipinski definition) is 3. The molecule has 16 heavy (non-hydrogen) atoms. The van der Waals surface area contributed by atoms with E-state index in [1.165, 1.54) is 30.8 Å². The molecule has 1 aliphatic heterocycles. The van der Waals surface area contributed by atoms with Crippen LogP contribution in [0, 0.1) is 0 Å². The van der Waals surface area contributed by atoms with Crippen LogP contribution in [0.2, 0.25) is 0 Å². The van der Waals surface area contributed by atoms with E-state index < -0.39 is 0 Å². The van der Waals surface area contributed by atoms with Crippen LogP contribution in [0.4, 0.5) is 0 Å². The van der Waals surface area contributed by atoms with Gasteiger partial charge in [-0.3, -0.25) is 4.90 Å². The largest absolute Gasteiger partial charge is 0.313 e. The maximum Gasteiger partial charge on any atom is 0.0166 e. The summed E-state index contributed by atoms with van der Waals surface area (Å²) in [6, 6.07) is 5.75. The minimum atomic E-state index is 0.633. The third-order valence-corrected chi connectivity index (χ3v) is 4.35. The summed E-state index contributed by atoms with van der Waals surface area (Å²) in [5.41, 5.74) is 0. The second-order valence-electron chi connectivity index (χ2n) is 4.82. The van der Waals surface area contributed by atoms with Crippen LogP contribution in [0.15, 0.2) is 17.5 Å². The number of thiophene rings is 1. The highest BCUT2D eigenvalue weighted by atomic mass is 32.1. The molecule has 1 fully saturated rings. The summed E-state index contributed by atoms with van der Waals surface area (Å²) in [5, 5.41) is 5.73. The Kier molecular flexibility index (Phi) is 4.38. The molecule has 2 nitrogen and oxygen atoms in total. The van der Waals surface area contributed by atoms with E-state index in [2.05, 4.69) is 41.6 Å². The maximum atomic E-state index is 3.56. The number of hydrogen-bond donors (Lipinski definition) is 1. The normalized spacial score (nSPS) is 27.9. The monoisotopic (exact) mass is 238 g/mol. The van der Waals surface area contributed by atoms with Crippen molar-refractivity contribution in [2.45, 2.75) is 38.8 Å². The summed E-state index contributed by atoms with van der Waals surface area (Å²) in [6.07, 6.45) is 2.48. The molecule has 0 aliphatic carbocycles. The van der Waals surface area contributed by atoms with Crippen LogP contribution in [0.25, 0.3) is 0 Å². The molecule has 2 unspecified atom stereocenters. The molecule has 1 aliphatic rings. The highest BCUT2D eigenvalue weighted by Crippen LogP contribution is 2.13. The van der Waals surface area contributed by atoms with Crippen molar-refractivity contribution in [2.75, 3.05) is 19.6 Å². The van der Waals surface area contributed by atoms with Crippen LogP contribution in [0.1, 0.15) is 25.1 Å². The van der Waals surface area contributed by atoms with Crippen molar-refractivity contribution >= 4 is 11.3 Å². The van der Waals surface area contributed by atoms with E-state index in [1.54, 1.807) is 0 Å². The molecule has 0 radical (unpaired) electrons. The zero-order valence-corrected chi connectivity index (χ0v) is 11.1. The van der Waals surface area contributed by atoms with Crippen molar-refractivity contribution in [3.05, 3.63) is 22.4 Å². The Morgan fingerprint density at radius 3 is 3.12 bits per heavy atom. The van der Waals surface area contributed by atoms with Crippen molar-refractivity contribution in [3.63, 3.8) is 0 Å². The van der Waals surface area contributed by atoms with Crippen LogP contribution in [0.5, 0.6) is 0 Å². The molecule has 0 saturated carbocycles. The molecule has 0 amide bonds. The number of rotatable bonds is 3. The van der Waals surface area contributed by atoms with Gasteiger partial charge in [0.1, 0.15) is 0 Å². The molecule has 0 aromatic carbocycles. The molecule has 1 N–H and O–H groups in total. The summed E-state index contributed by atoms with van der Waals surface area (Å²) >= 11 is 1.88. The fourth-order valence-corrected chi connectivity index (χ4v) is 3.04. The lowest BCUT2D eigenvalue weighted by Gasteiger charge is -2.27. The minimum absolute atomic E-state index is 0.633. The topological polar surface area (TPSA) is 15.3 Å². The third kappa shape index (κ3) is 3.30. The lowest BCUT2D eigenvalue weighted by Crippen LogP contribution is -2.39. The Bertz CT molecular complexity index is 297. The van der Waals surface area contributed by atoms with Gasteiger partial charge in [-0.1, -0.05) is 6.07 Å². The lowest BCUT2D eigenvalue weighted by atomic mass is 10.2. The molecule has 3 heteroatoms. The third-order valence-electron chi connectivity index (χ3n) is 3.41. The molecule has 0 bridgehead atoms. The first-order valence-corrected chi connectivity index (χ1v) is 7.13. The van der Waals surface area contributed by atoms with Gasteiger partial charge in [0, 0.05) is 30.1 Å². The lowest BCUT2D eigenvalue weighted by molar-refractivity contribution is 0.210. The highest BCUT2D eigenvalue weighted by Gasteiger charge is 2.19. The van der Waals surface area contributed by atoms with Gasteiger partial charge >= 0.3 is 0 Å². The van der Waals surface area contributed by atoms with Crippen LogP contribution in [-0.2, 0) is 6.42 Å². The quantitative estimate of drug-likeness (QED) is 0.869. The van der Waals surface area contributed by atoms with Crippen LogP contribution < -0.4 is 5.32 Å². The van der Waals surface area contributed by atoms with Crippen molar-refractivity contribution in [3.8, 4) is 0 Å². The smallest absolute Gasteiger partial charge is 0.0166 e. The summed E-state index contributed by atoms with van der Waals surface area (Å²) in [7, 11) is 0. The summed E-state index contributed by atoms with van der Waals surface area (Å²) in [5.74, 6) is 0. The molecule has 2 rings (SSSR count). The first-order valence-electron chi connectivity index (χ1n) is 6.25. The predicted molar refractivity (Wildman–Crippen MR) is 71.1 cm³/mol. The number of nitrogens with zero attached hydrogens (tertiary/aromatic N) is 1. The van der Waals surface area contributed by atoms with Crippen LogP contribution in [-0.4, -0.2) is 36.6 Å². The van der Waals surface area contributed by atoms with Crippen molar-refractivity contribution in [1.82, 2.24) is 10.2 Å². The molecule has 1 saturated heterocycles. The standard InChI is InChI=1S/C13H22N2S/c1-11-10-15(12(2)5-7-14-11)8-6-13-4-3-9-16-13/h3-4,9,11-12,14H,5-8,10H2,1-2H3. The van der Waals surface area contributed by atoms with Gasteiger partial charge in [-0.05, 0) is 44.7 Å². The van der Waals surface area contributed by atoms with E-state index in [4.69, 9.17) is 0 Å². The molecular weight excluding hydrogens is 216 g/mol. The highest BCUT2D eigenvalue weighted by molar-refractivity contribution is 7.09. The van der Waals surface area contributed by atoms with Crippen molar-refractivity contribution in [2.24, 2.45) is 0 Å². The van der Waals surface area contributed by atoms with E-state index >= 15 is 0 Å². The van der Waals surface area contributed by atoms with Gasteiger partial charge in [0.25, 0.3) is 0 Å². The van der Waals surface area contributed by atoms with Gasteiger partial charge in [-0.25, -0.2) is 0 Å². The van der Waals surface area contributed by atoms with Crippen molar-refractivity contribution in [1.29, 1.82) is 0 Å². The molecule has 2 heterocycles. The van der Waals surface area contributed by atoms with Gasteiger partial charge in [-0.15, -0.1) is 11.3 Å². The van der Waals surface area contributed by atoms with E-state index in [0.29, 0.717) is 6.04 Å². The Hall–Kier alpha value is -0.380. The Morgan fingerprint density at radius 1 is 1.50 bits per heavy atom. The fraction of sp³-hybridized carbons (Fsp3) is 0.692. The minimum Gasteiger partial charge on any atom is -0.313 e. The van der Waals surface area contributed by atoms with Gasteiger partial charge in [0.2, 0.25) is 0 Å². The van der Waals surface area contributed by atoms with E-state index in [9.17, 15) is 0 Å². The van der Waals surface area contributed by atoms with Gasteiger partial charge < -0.3 is 5.32 Å².